The standard InChI is InChI=1S/C11H18N4O3S/c1-4-12-11(16)9-5-6-10(15-14-9)13-8(2)7-19(3,17)18/h5-6,8H,4,7H2,1-3H3,(H,12,16)(H,13,15). The fraction of sp³-hybridized carbons (Fsp3) is 0.545. The van der Waals surface area contributed by atoms with Crippen molar-refractivity contribution in [1.82, 2.24) is 15.5 Å². The zero-order valence-electron chi connectivity index (χ0n) is 11.2. The van der Waals surface area contributed by atoms with Gasteiger partial charge in [-0.05, 0) is 26.0 Å². The molecule has 1 aromatic rings. The van der Waals surface area contributed by atoms with Crippen molar-refractivity contribution in [3.05, 3.63) is 17.8 Å². The quantitative estimate of drug-likeness (QED) is 0.767. The Morgan fingerprint density at radius 1 is 1.37 bits per heavy atom. The molecule has 19 heavy (non-hydrogen) atoms. The summed E-state index contributed by atoms with van der Waals surface area (Å²) in [5.74, 6) is 0.155. The lowest BCUT2D eigenvalue weighted by Crippen LogP contribution is -2.26. The lowest BCUT2D eigenvalue weighted by atomic mass is 10.3. The molecule has 1 unspecified atom stereocenters. The van der Waals surface area contributed by atoms with Crippen molar-refractivity contribution < 1.29 is 13.2 Å². The van der Waals surface area contributed by atoms with Crippen molar-refractivity contribution in [3.63, 3.8) is 0 Å². The van der Waals surface area contributed by atoms with Crippen LogP contribution in [-0.4, -0.2) is 49.1 Å². The molecule has 0 fully saturated rings. The van der Waals surface area contributed by atoms with Crippen LogP contribution in [0.2, 0.25) is 0 Å². The molecule has 1 atom stereocenters. The van der Waals surface area contributed by atoms with E-state index >= 15 is 0 Å². The minimum atomic E-state index is -3.05. The van der Waals surface area contributed by atoms with E-state index in [0.717, 1.165) is 0 Å². The molecule has 0 aliphatic rings. The molecule has 7 nitrogen and oxygen atoms in total. The fourth-order valence-electron chi connectivity index (χ4n) is 1.53. The Morgan fingerprint density at radius 2 is 2.05 bits per heavy atom. The highest BCUT2D eigenvalue weighted by Gasteiger charge is 2.12. The van der Waals surface area contributed by atoms with E-state index in [0.29, 0.717) is 12.4 Å². The molecular weight excluding hydrogens is 268 g/mol. The highest BCUT2D eigenvalue weighted by atomic mass is 32.2. The molecule has 106 valence electrons. The van der Waals surface area contributed by atoms with Crippen molar-refractivity contribution in [1.29, 1.82) is 0 Å². The van der Waals surface area contributed by atoms with Crippen molar-refractivity contribution in [2.24, 2.45) is 0 Å². The van der Waals surface area contributed by atoms with Crippen LogP contribution in [0.4, 0.5) is 5.82 Å². The van der Waals surface area contributed by atoms with Crippen LogP contribution in [0.5, 0.6) is 0 Å². The average molecular weight is 286 g/mol. The van der Waals surface area contributed by atoms with E-state index in [4.69, 9.17) is 0 Å². The number of nitrogens with one attached hydrogen (secondary N) is 2. The number of aromatic nitrogens is 2. The van der Waals surface area contributed by atoms with Crippen molar-refractivity contribution in [3.8, 4) is 0 Å². The van der Waals surface area contributed by atoms with Crippen LogP contribution in [0, 0.1) is 0 Å². The van der Waals surface area contributed by atoms with Crippen LogP contribution in [0.15, 0.2) is 12.1 Å². The van der Waals surface area contributed by atoms with E-state index in [1.165, 1.54) is 12.3 Å². The monoisotopic (exact) mass is 286 g/mol. The summed E-state index contributed by atoms with van der Waals surface area (Å²) >= 11 is 0. The van der Waals surface area contributed by atoms with Crippen molar-refractivity contribution in [2.75, 3.05) is 23.9 Å². The molecule has 0 aliphatic heterocycles. The molecule has 0 bridgehead atoms. The number of hydrogen-bond acceptors (Lipinski definition) is 6. The van der Waals surface area contributed by atoms with E-state index in [1.54, 1.807) is 13.0 Å². The van der Waals surface area contributed by atoms with Crippen LogP contribution in [0.3, 0.4) is 0 Å². The molecule has 0 saturated carbocycles. The van der Waals surface area contributed by atoms with Crippen LogP contribution >= 0.6 is 0 Å². The van der Waals surface area contributed by atoms with Gasteiger partial charge in [0.25, 0.3) is 5.91 Å². The van der Waals surface area contributed by atoms with Gasteiger partial charge in [-0.15, -0.1) is 10.2 Å². The molecular formula is C11H18N4O3S. The normalized spacial score (nSPS) is 12.8. The Balaban J connectivity index is 2.64. The molecule has 0 saturated heterocycles. The van der Waals surface area contributed by atoms with Crippen LogP contribution in [0.1, 0.15) is 24.3 Å². The maximum Gasteiger partial charge on any atom is 0.271 e. The Kier molecular flexibility index (Phi) is 5.22. The molecule has 0 aromatic carbocycles. The van der Waals surface area contributed by atoms with Gasteiger partial charge in [-0.25, -0.2) is 8.42 Å². The summed E-state index contributed by atoms with van der Waals surface area (Å²) < 4.78 is 22.2. The van der Waals surface area contributed by atoms with Crippen LogP contribution in [0.25, 0.3) is 0 Å². The maximum absolute atomic E-state index is 11.5. The molecule has 1 heterocycles. The predicted molar refractivity (Wildman–Crippen MR) is 72.8 cm³/mol. The van der Waals surface area contributed by atoms with Gasteiger partial charge in [-0.3, -0.25) is 4.79 Å². The van der Waals surface area contributed by atoms with Crippen LogP contribution in [-0.2, 0) is 9.84 Å². The predicted octanol–water partition coefficient (Wildman–Crippen LogP) is 0.0713. The third kappa shape index (κ3) is 5.64. The van der Waals surface area contributed by atoms with E-state index in [-0.39, 0.29) is 23.4 Å². The van der Waals surface area contributed by atoms with Gasteiger partial charge in [0.1, 0.15) is 15.7 Å². The van der Waals surface area contributed by atoms with Crippen molar-refractivity contribution in [2.45, 2.75) is 19.9 Å². The van der Waals surface area contributed by atoms with Gasteiger partial charge in [0.15, 0.2) is 5.69 Å². The van der Waals surface area contributed by atoms with Gasteiger partial charge in [0.2, 0.25) is 0 Å². The minimum Gasteiger partial charge on any atom is -0.365 e. The molecule has 1 rings (SSSR count). The highest BCUT2D eigenvalue weighted by Crippen LogP contribution is 2.05. The van der Waals surface area contributed by atoms with Gasteiger partial charge in [-0.1, -0.05) is 0 Å². The summed E-state index contributed by atoms with van der Waals surface area (Å²) in [7, 11) is -3.05. The van der Waals surface area contributed by atoms with E-state index in [1.807, 2.05) is 6.92 Å². The summed E-state index contributed by atoms with van der Waals surface area (Å²) in [6.07, 6.45) is 1.18. The second-order valence-electron chi connectivity index (χ2n) is 4.30. The van der Waals surface area contributed by atoms with E-state index in [2.05, 4.69) is 20.8 Å². The molecule has 1 amide bonds. The smallest absolute Gasteiger partial charge is 0.271 e. The molecule has 8 heteroatoms. The Bertz CT molecular complexity index is 527. The SMILES string of the molecule is CCNC(=O)c1ccc(NC(C)CS(C)(=O)=O)nn1. The largest absolute Gasteiger partial charge is 0.365 e. The number of hydrogen-bond donors (Lipinski definition) is 2. The van der Waals surface area contributed by atoms with Gasteiger partial charge in [0, 0.05) is 18.8 Å². The summed E-state index contributed by atoms with van der Waals surface area (Å²) in [4.78, 5) is 11.5. The maximum atomic E-state index is 11.5. The third-order valence-electron chi connectivity index (χ3n) is 2.18. The van der Waals surface area contributed by atoms with Gasteiger partial charge >= 0.3 is 0 Å². The summed E-state index contributed by atoms with van der Waals surface area (Å²) in [6, 6.07) is 2.85. The molecule has 1 aromatic heterocycles. The molecule has 0 aliphatic carbocycles. The number of rotatable bonds is 6. The Hall–Kier alpha value is -1.70. The van der Waals surface area contributed by atoms with Crippen LogP contribution < -0.4 is 10.6 Å². The molecule has 0 spiro atoms. The number of anilines is 1. The summed E-state index contributed by atoms with van der Waals surface area (Å²) in [5, 5.41) is 13.1. The fourth-order valence-corrected chi connectivity index (χ4v) is 2.52. The zero-order chi connectivity index (χ0) is 14.5. The molecule has 2 N–H and O–H groups in total. The Labute approximate surface area is 112 Å². The van der Waals surface area contributed by atoms with E-state index in [9.17, 15) is 13.2 Å². The average Bonchev–Trinajstić information content (AvgIpc) is 2.27. The van der Waals surface area contributed by atoms with Crippen molar-refractivity contribution >= 4 is 21.6 Å². The topological polar surface area (TPSA) is 101 Å². The van der Waals surface area contributed by atoms with Gasteiger partial charge < -0.3 is 10.6 Å². The number of amides is 1. The van der Waals surface area contributed by atoms with Gasteiger partial charge in [0.05, 0.1) is 5.75 Å². The molecule has 0 radical (unpaired) electrons. The highest BCUT2D eigenvalue weighted by molar-refractivity contribution is 7.90. The first-order valence-corrected chi connectivity index (χ1v) is 7.94. The number of carbonyl (C=O) groups excluding carboxylic acids is 1. The zero-order valence-corrected chi connectivity index (χ0v) is 12.0. The number of carbonyl (C=O) groups is 1. The third-order valence-corrected chi connectivity index (χ3v) is 3.29. The first kappa shape index (κ1) is 15.4. The minimum absolute atomic E-state index is 0.00670. The number of sulfone groups is 1. The Morgan fingerprint density at radius 3 is 2.53 bits per heavy atom. The summed E-state index contributed by atoms with van der Waals surface area (Å²) in [6.45, 7) is 4.07. The second kappa shape index (κ2) is 6.46. The first-order valence-electron chi connectivity index (χ1n) is 5.88. The van der Waals surface area contributed by atoms with E-state index < -0.39 is 9.84 Å². The lowest BCUT2D eigenvalue weighted by molar-refractivity contribution is 0.0950. The van der Waals surface area contributed by atoms with Gasteiger partial charge in [-0.2, -0.15) is 0 Å². The lowest BCUT2D eigenvalue weighted by Gasteiger charge is -2.12. The second-order valence-corrected chi connectivity index (χ2v) is 6.49. The number of nitrogens with zero attached hydrogens (tertiary/aromatic N) is 2. The first-order chi connectivity index (χ1) is 8.81. The summed E-state index contributed by atoms with van der Waals surface area (Å²) in [5.41, 5.74) is 0.225.